The van der Waals surface area contributed by atoms with Crippen LogP contribution in [0.5, 0.6) is 0 Å². The Morgan fingerprint density at radius 2 is 2.00 bits per heavy atom. The molecule has 1 aliphatic rings. The average Bonchev–Trinajstić information content (AvgIpc) is 2.34. The lowest BCUT2D eigenvalue weighted by atomic mass is 10.1. The summed E-state index contributed by atoms with van der Waals surface area (Å²) in [6.07, 6.45) is 1.27. The third-order valence-electron chi connectivity index (χ3n) is 2.73. The van der Waals surface area contributed by atoms with Gasteiger partial charge in [-0.15, -0.1) is 0 Å². The van der Waals surface area contributed by atoms with E-state index in [0.29, 0.717) is 13.0 Å². The zero-order chi connectivity index (χ0) is 13.5. The number of ether oxygens (including phenoxy) is 1. The number of carbonyl (C=O) groups is 3. The van der Waals surface area contributed by atoms with Gasteiger partial charge in [-0.25, -0.2) is 4.79 Å². The van der Waals surface area contributed by atoms with Gasteiger partial charge in [-0.05, 0) is 25.7 Å². The van der Waals surface area contributed by atoms with E-state index < -0.39 is 30.0 Å². The Balaban J connectivity index is 2.46. The fourth-order valence-electron chi connectivity index (χ4n) is 1.74. The third kappa shape index (κ3) is 4.70. The predicted molar refractivity (Wildman–Crippen MR) is 60.0 cm³/mol. The van der Waals surface area contributed by atoms with E-state index in [1.165, 1.54) is 0 Å². The van der Waals surface area contributed by atoms with Crippen LogP contribution in [0.1, 0.15) is 32.1 Å². The van der Waals surface area contributed by atoms with Gasteiger partial charge in [0.15, 0.2) is 0 Å². The molecule has 1 rings (SSSR count). The van der Waals surface area contributed by atoms with Crippen molar-refractivity contribution >= 4 is 17.8 Å². The van der Waals surface area contributed by atoms with E-state index in [9.17, 15) is 14.4 Å². The molecule has 1 aliphatic heterocycles. The Labute approximate surface area is 104 Å². The lowest BCUT2D eigenvalue weighted by molar-refractivity contribution is -0.146. The van der Waals surface area contributed by atoms with Crippen molar-refractivity contribution in [2.24, 2.45) is 0 Å². The van der Waals surface area contributed by atoms with Gasteiger partial charge in [0.25, 0.3) is 0 Å². The number of hydrogen-bond acceptors (Lipinski definition) is 4. The Kier molecular flexibility index (Phi) is 5.57. The van der Waals surface area contributed by atoms with E-state index in [4.69, 9.17) is 14.9 Å². The van der Waals surface area contributed by atoms with E-state index in [2.05, 4.69) is 5.32 Å². The largest absolute Gasteiger partial charge is 0.481 e. The third-order valence-corrected chi connectivity index (χ3v) is 2.73. The van der Waals surface area contributed by atoms with Crippen molar-refractivity contribution in [3.63, 3.8) is 0 Å². The molecule has 1 saturated heterocycles. The van der Waals surface area contributed by atoms with Crippen LogP contribution in [0.3, 0.4) is 0 Å². The van der Waals surface area contributed by atoms with Gasteiger partial charge in [0, 0.05) is 13.0 Å². The molecular weight excluding hydrogens is 242 g/mol. The number of carboxylic acids is 2. The Hall–Kier alpha value is -1.63. The summed E-state index contributed by atoms with van der Waals surface area (Å²) in [5, 5.41) is 19.7. The number of carbonyl (C=O) groups excluding carboxylic acids is 1. The molecule has 0 aliphatic carbocycles. The van der Waals surface area contributed by atoms with Gasteiger partial charge in [0.1, 0.15) is 12.1 Å². The second-order valence-electron chi connectivity index (χ2n) is 4.19. The van der Waals surface area contributed by atoms with E-state index in [1.54, 1.807) is 0 Å². The highest BCUT2D eigenvalue weighted by Gasteiger charge is 2.27. The molecule has 1 fully saturated rings. The molecule has 18 heavy (non-hydrogen) atoms. The first kappa shape index (κ1) is 14.4. The van der Waals surface area contributed by atoms with Crippen molar-refractivity contribution < 1.29 is 29.3 Å². The minimum atomic E-state index is -1.24. The Morgan fingerprint density at radius 1 is 1.28 bits per heavy atom. The van der Waals surface area contributed by atoms with Crippen molar-refractivity contribution in [3.8, 4) is 0 Å². The van der Waals surface area contributed by atoms with Crippen LogP contribution in [0, 0.1) is 0 Å². The van der Waals surface area contributed by atoms with Crippen molar-refractivity contribution in [1.29, 1.82) is 0 Å². The molecule has 0 aromatic carbocycles. The highest BCUT2D eigenvalue weighted by Crippen LogP contribution is 2.13. The molecule has 0 saturated carbocycles. The molecule has 7 heteroatoms. The molecule has 0 radical (unpaired) electrons. The Bertz CT molecular complexity index is 323. The number of aliphatic carboxylic acids is 2. The van der Waals surface area contributed by atoms with Crippen molar-refractivity contribution in [2.75, 3.05) is 6.61 Å². The zero-order valence-corrected chi connectivity index (χ0v) is 9.92. The number of carboxylic acid groups (broad SMARTS) is 2. The lowest BCUT2D eigenvalue weighted by Gasteiger charge is -2.23. The first-order valence-corrected chi connectivity index (χ1v) is 5.87. The Morgan fingerprint density at radius 3 is 2.50 bits per heavy atom. The second kappa shape index (κ2) is 6.95. The van der Waals surface area contributed by atoms with Crippen LogP contribution < -0.4 is 5.32 Å². The lowest BCUT2D eigenvalue weighted by Crippen LogP contribution is -2.47. The van der Waals surface area contributed by atoms with E-state index in [-0.39, 0.29) is 12.8 Å². The molecule has 1 amide bonds. The summed E-state index contributed by atoms with van der Waals surface area (Å²) in [5.41, 5.74) is 0. The standard InChI is InChI=1S/C11H17NO6/c13-9(14)5-4-7(11(16)17)12-10(15)8-3-1-2-6-18-8/h7-8H,1-6H2,(H,12,15)(H,13,14)(H,16,17)/t7-,8?/m0/s1. The summed E-state index contributed by atoms with van der Waals surface area (Å²) in [6, 6.07) is -1.18. The molecule has 1 heterocycles. The van der Waals surface area contributed by atoms with E-state index >= 15 is 0 Å². The second-order valence-corrected chi connectivity index (χ2v) is 4.19. The topological polar surface area (TPSA) is 113 Å². The predicted octanol–water partition coefficient (Wildman–Crippen LogP) is -0.0103. The van der Waals surface area contributed by atoms with Crippen molar-refractivity contribution in [1.82, 2.24) is 5.32 Å². The maximum atomic E-state index is 11.7. The SMILES string of the molecule is O=C(O)CC[C@H](NC(=O)C1CCCCO1)C(=O)O. The van der Waals surface area contributed by atoms with Gasteiger partial charge >= 0.3 is 11.9 Å². The molecule has 0 spiro atoms. The number of rotatable bonds is 6. The van der Waals surface area contributed by atoms with Gasteiger partial charge < -0.3 is 20.3 Å². The quantitative estimate of drug-likeness (QED) is 0.618. The van der Waals surface area contributed by atoms with Gasteiger partial charge in [0.2, 0.25) is 5.91 Å². The molecule has 7 nitrogen and oxygen atoms in total. The molecular formula is C11H17NO6. The smallest absolute Gasteiger partial charge is 0.326 e. The summed E-state index contributed by atoms with van der Waals surface area (Å²) in [5.74, 6) is -2.81. The summed E-state index contributed by atoms with van der Waals surface area (Å²) in [7, 11) is 0. The molecule has 1 unspecified atom stereocenters. The highest BCUT2D eigenvalue weighted by atomic mass is 16.5. The maximum absolute atomic E-state index is 11.7. The van der Waals surface area contributed by atoms with Crippen molar-refractivity contribution in [3.05, 3.63) is 0 Å². The first-order chi connectivity index (χ1) is 8.50. The summed E-state index contributed by atoms with van der Waals surface area (Å²) >= 11 is 0. The van der Waals surface area contributed by atoms with Crippen LogP contribution >= 0.6 is 0 Å². The fourth-order valence-corrected chi connectivity index (χ4v) is 1.74. The van der Waals surface area contributed by atoms with Crippen LogP contribution in [0.4, 0.5) is 0 Å². The highest BCUT2D eigenvalue weighted by molar-refractivity contribution is 5.86. The van der Waals surface area contributed by atoms with Crippen LogP contribution in [-0.2, 0) is 19.1 Å². The normalized spacial score (nSPS) is 21.0. The molecule has 2 atom stereocenters. The fraction of sp³-hybridized carbons (Fsp3) is 0.727. The maximum Gasteiger partial charge on any atom is 0.326 e. The molecule has 102 valence electrons. The average molecular weight is 259 g/mol. The van der Waals surface area contributed by atoms with Crippen LogP contribution in [0.25, 0.3) is 0 Å². The molecule has 0 aromatic rings. The summed E-state index contributed by atoms with van der Waals surface area (Å²) in [6.45, 7) is 0.491. The van der Waals surface area contributed by atoms with Crippen molar-refractivity contribution in [2.45, 2.75) is 44.2 Å². The van der Waals surface area contributed by atoms with E-state index in [0.717, 1.165) is 12.8 Å². The van der Waals surface area contributed by atoms with Crippen LogP contribution in [0.2, 0.25) is 0 Å². The minimum absolute atomic E-state index is 0.136. The summed E-state index contributed by atoms with van der Waals surface area (Å²) < 4.78 is 5.22. The monoisotopic (exact) mass is 259 g/mol. The summed E-state index contributed by atoms with van der Waals surface area (Å²) in [4.78, 5) is 33.0. The van der Waals surface area contributed by atoms with Crippen LogP contribution in [0.15, 0.2) is 0 Å². The molecule has 0 bridgehead atoms. The minimum Gasteiger partial charge on any atom is -0.481 e. The zero-order valence-electron chi connectivity index (χ0n) is 9.92. The van der Waals surface area contributed by atoms with Crippen LogP contribution in [-0.4, -0.2) is 46.8 Å². The molecule has 3 N–H and O–H groups in total. The number of nitrogens with one attached hydrogen (secondary N) is 1. The number of hydrogen-bond donors (Lipinski definition) is 3. The first-order valence-electron chi connectivity index (χ1n) is 5.87. The van der Waals surface area contributed by atoms with Gasteiger partial charge in [-0.1, -0.05) is 0 Å². The van der Waals surface area contributed by atoms with Gasteiger partial charge in [-0.3, -0.25) is 9.59 Å². The molecule has 0 aromatic heterocycles. The van der Waals surface area contributed by atoms with Gasteiger partial charge in [-0.2, -0.15) is 0 Å². The van der Waals surface area contributed by atoms with E-state index in [1.807, 2.05) is 0 Å². The number of amides is 1. The van der Waals surface area contributed by atoms with Gasteiger partial charge in [0.05, 0.1) is 0 Å².